The van der Waals surface area contributed by atoms with Crippen LogP contribution in [0.15, 0.2) is 48.5 Å². The lowest BCUT2D eigenvalue weighted by Gasteiger charge is -2.58. The van der Waals surface area contributed by atoms with Gasteiger partial charge in [0, 0.05) is 18.4 Å². The van der Waals surface area contributed by atoms with Crippen LogP contribution in [0.5, 0.6) is 5.75 Å². The molecule has 3 fully saturated rings. The Morgan fingerprint density at radius 3 is 2.27 bits per heavy atom. The number of carbonyl (C=O) groups excluding carboxylic acids is 2. The normalized spacial score (nSPS) is 25.5. The first-order valence-corrected chi connectivity index (χ1v) is 10.6. The Morgan fingerprint density at radius 2 is 1.70 bits per heavy atom. The second kappa shape index (κ2) is 7.43. The number of methoxy groups -OCH3 is 1. The fourth-order valence-corrected chi connectivity index (χ4v) is 4.94. The van der Waals surface area contributed by atoms with Crippen LogP contribution >= 0.6 is 0 Å². The molecule has 5 rings (SSSR count). The molecule has 0 spiro atoms. The molecule has 2 saturated heterocycles. The topological polar surface area (TPSA) is 70.1 Å². The number of hydrogen-bond acceptors (Lipinski definition) is 4. The van der Waals surface area contributed by atoms with Gasteiger partial charge in [-0.1, -0.05) is 36.4 Å². The first kappa shape index (κ1) is 19.1. The van der Waals surface area contributed by atoms with E-state index in [9.17, 15) is 14.7 Å². The average molecular weight is 406 g/mol. The summed E-state index contributed by atoms with van der Waals surface area (Å²) < 4.78 is 5.22. The molecule has 1 saturated carbocycles. The molecular weight excluding hydrogens is 380 g/mol. The summed E-state index contributed by atoms with van der Waals surface area (Å²) in [5, 5.41) is 9.94. The summed E-state index contributed by atoms with van der Waals surface area (Å²) in [5.74, 6) is 1.04. The molecule has 2 aliphatic heterocycles. The lowest BCUT2D eigenvalue weighted by molar-refractivity contribution is -0.167. The summed E-state index contributed by atoms with van der Waals surface area (Å²) in [7, 11) is 1.65. The Kier molecular flexibility index (Phi) is 4.74. The van der Waals surface area contributed by atoms with Gasteiger partial charge in [-0.2, -0.15) is 0 Å². The quantitative estimate of drug-likeness (QED) is 0.827. The highest BCUT2D eigenvalue weighted by atomic mass is 16.5. The molecule has 3 aliphatic rings. The number of nitrogens with zero attached hydrogens (tertiary/aromatic N) is 2. The lowest BCUT2D eigenvalue weighted by Crippen LogP contribution is -2.73. The van der Waals surface area contributed by atoms with Crippen molar-refractivity contribution in [3.8, 4) is 16.9 Å². The van der Waals surface area contributed by atoms with Gasteiger partial charge in [-0.05, 0) is 41.7 Å². The SMILES string of the molecule is COc1ccc(-c2ccc([C@H]3[C@H]4CN(C(=O)C5CC5)CC(=O)N4[C@H]3CO)cc2)cc1. The molecule has 2 aromatic carbocycles. The van der Waals surface area contributed by atoms with Crippen LogP contribution in [0.25, 0.3) is 11.1 Å². The van der Waals surface area contributed by atoms with E-state index in [1.807, 2.05) is 24.3 Å². The molecule has 2 amide bonds. The zero-order valence-corrected chi connectivity index (χ0v) is 17.0. The summed E-state index contributed by atoms with van der Waals surface area (Å²) in [6.07, 6.45) is 1.88. The van der Waals surface area contributed by atoms with E-state index in [0.717, 1.165) is 35.3 Å². The van der Waals surface area contributed by atoms with Crippen LogP contribution in [0.4, 0.5) is 0 Å². The van der Waals surface area contributed by atoms with E-state index in [1.54, 1.807) is 16.9 Å². The third-order valence-electron chi connectivity index (χ3n) is 6.71. The number of rotatable bonds is 5. The Bertz CT molecular complexity index is 952. The Labute approximate surface area is 176 Å². The molecule has 6 nitrogen and oxygen atoms in total. The zero-order valence-electron chi connectivity index (χ0n) is 17.0. The molecule has 6 heteroatoms. The summed E-state index contributed by atoms with van der Waals surface area (Å²) >= 11 is 0. The number of carbonyl (C=O) groups is 2. The number of benzene rings is 2. The lowest BCUT2D eigenvalue weighted by atomic mass is 9.73. The molecule has 1 N–H and O–H groups in total. The Morgan fingerprint density at radius 1 is 1.07 bits per heavy atom. The molecule has 2 heterocycles. The van der Waals surface area contributed by atoms with Gasteiger partial charge in [-0.25, -0.2) is 0 Å². The summed E-state index contributed by atoms with van der Waals surface area (Å²) in [5.41, 5.74) is 3.30. The molecule has 30 heavy (non-hydrogen) atoms. The maximum Gasteiger partial charge on any atom is 0.242 e. The van der Waals surface area contributed by atoms with E-state index in [1.165, 1.54) is 0 Å². The van der Waals surface area contributed by atoms with Crippen molar-refractivity contribution in [3.05, 3.63) is 54.1 Å². The number of amides is 2. The first-order chi connectivity index (χ1) is 14.6. The summed E-state index contributed by atoms with van der Waals surface area (Å²) in [6.45, 7) is 0.637. The minimum Gasteiger partial charge on any atom is -0.497 e. The molecule has 2 aromatic rings. The molecular formula is C24H26N2O4. The largest absolute Gasteiger partial charge is 0.497 e. The van der Waals surface area contributed by atoms with E-state index in [0.29, 0.717) is 6.54 Å². The van der Waals surface area contributed by atoms with Crippen molar-refractivity contribution in [2.75, 3.05) is 26.8 Å². The van der Waals surface area contributed by atoms with E-state index in [-0.39, 0.29) is 48.9 Å². The van der Waals surface area contributed by atoms with Crippen molar-refractivity contribution < 1.29 is 19.4 Å². The average Bonchev–Trinajstić information content (AvgIpc) is 3.60. The summed E-state index contributed by atoms with van der Waals surface area (Å²) in [6, 6.07) is 16.0. The highest BCUT2D eigenvalue weighted by Gasteiger charge is 2.55. The van der Waals surface area contributed by atoms with E-state index in [2.05, 4.69) is 24.3 Å². The predicted molar refractivity (Wildman–Crippen MR) is 112 cm³/mol. The highest BCUT2D eigenvalue weighted by Crippen LogP contribution is 2.44. The van der Waals surface area contributed by atoms with E-state index >= 15 is 0 Å². The Balaban J connectivity index is 1.36. The first-order valence-electron chi connectivity index (χ1n) is 10.6. The van der Waals surface area contributed by atoms with Gasteiger partial charge < -0.3 is 19.6 Å². The van der Waals surface area contributed by atoms with Crippen LogP contribution in [-0.2, 0) is 9.59 Å². The maximum atomic E-state index is 12.7. The maximum absolute atomic E-state index is 12.7. The van der Waals surface area contributed by atoms with Gasteiger partial charge in [-0.3, -0.25) is 9.59 Å². The molecule has 3 atom stereocenters. The van der Waals surface area contributed by atoms with Crippen molar-refractivity contribution in [2.45, 2.75) is 30.8 Å². The third kappa shape index (κ3) is 3.16. The van der Waals surface area contributed by atoms with E-state index in [4.69, 9.17) is 4.74 Å². The fourth-order valence-electron chi connectivity index (χ4n) is 4.94. The van der Waals surface area contributed by atoms with Crippen LogP contribution in [0.3, 0.4) is 0 Å². The molecule has 0 radical (unpaired) electrons. The van der Waals surface area contributed by atoms with Crippen LogP contribution in [0.2, 0.25) is 0 Å². The van der Waals surface area contributed by atoms with Crippen molar-refractivity contribution in [1.29, 1.82) is 0 Å². The van der Waals surface area contributed by atoms with Gasteiger partial charge in [0.2, 0.25) is 11.8 Å². The van der Waals surface area contributed by atoms with Gasteiger partial charge in [-0.15, -0.1) is 0 Å². The Hall–Kier alpha value is -2.86. The molecule has 156 valence electrons. The summed E-state index contributed by atoms with van der Waals surface area (Å²) in [4.78, 5) is 28.7. The van der Waals surface area contributed by atoms with Crippen molar-refractivity contribution >= 4 is 11.8 Å². The van der Waals surface area contributed by atoms with Gasteiger partial charge in [0.25, 0.3) is 0 Å². The standard InChI is InChI=1S/C24H26N2O4/c1-30-19-10-8-16(9-11-19)15-2-4-17(5-3-15)23-20-12-25(24(29)18-6-7-18)13-22(28)26(20)21(23)14-27/h2-5,8-11,18,20-21,23,27H,6-7,12-14H2,1H3/t20-,21+,23+/m1/s1. The van der Waals surface area contributed by atoms with Crippen LogP contribution in [-0.4, -0.2) is 65.6 Å². The molecule has 0 aromatic heterocycles. The van der Waals surface area contributed by atoms with Crippen LogP contribution < -0.4 is 4.74 Å². The number of aliphatic hydroxyl groups is 1. The number of aliphatic hydroxyl groups excluding tert-OH is 1. The number of hydrogen-bond donors (Lipinski definition) is 1. The predicted octanol–water partition coefficient (Wildman–Crippen LogP) is 2.27. The van der Waals surface area contributed by atoms with Crippen LogP contribution in [0.1, 0.15) is 24.3 Å². The van der Waals surface area contributed by atoms with Crippen molar-refractivity contribution in [2.24, 2.45) is 5.92 Å². The molecule has 0 bridgehead atoms. The number of ether oxygens (including phenoxy) is 1. The minimum absolute atomic E-state index is 0.0404. The van der Waals surface area contributed by atoms with Gasteiger partial charge >= 0.3 is 0 Å². The smallest absolute Gasteiger partial charge is 0.242 e. The third-order valence-corrected chi connectivity index (χ3v) is 6.71. The second-order valence-electron chi connectivity index (χ2n) is 8.49. The van der Waals surface area contributed by atoms with Gasteiger partial charge in [0.15, 0.2) is 0 Å². The van der Waals surface area contributed by atoms with Crippen molar-refractivity contribution in [1.82, 2.24) is 9.80 Å². The van der Waals surface area contributed by atoms with Gasteiger partial charge in [0.05, 0.1) is 32.3 Å². The van der Waals surface area contributed by atoms with Gasteiger partial charge in [0.1, 0.15) is 5.75 Å². The van der Waals surface area contributed by atoms with E-state index < -0.39 is 0 Å². The highest BCUT2D eigenvalue weighted by molar-refractivity contribution is 5.89. The minimum atomic E-state index is -0.215. The molecule has 0 unspecified atom stereocenters. The fraction of sp³-hybridized carbons (Fsp3) is 0.417. The number of fused-ring (bicyclic) bond motifs is 1. The molecule has 1 aliphatic carbocycles. The van der Waals surface area contributed by atoms with Crippen LogP contribution in [0, 0.1) is 5.92 Å². The monoisotopic (exact) mass is 406 g/mol. The zero-order chi connectivity index (χ0) is 20.8. The number of piperazine rings is 1. The van der Waals surface area contributed by atoms with Crippen molar-refractivity contribution in [3.63, 3.8) is 0 Å². The second-order valence-corrected chi connectivity index (χ2v) is 8.49.